The van der Waals surface area contributed by atoms with Crippen molar-refractivity contribution in [2.75, 3.05) is 19.7 Å². The van der Waals surface area contributed by atoms with Gasteiger partial charge in [0.25, 0.3) is 5.91 Å². The average molecular weight is 430 g/mol. The zero-order chi connectivity index (χ0) is 19.3. The number of amides is 1. The molecule has 0 saturated carbocycles. The van der Waals surface area contributed by atoms with Crippen LogP contribution < -0.4 is 0 Å². The third kappa shape index (κ3) is 5.03. The van der Waals surface area contributed by atoms with Crippen molar-refractivity contribution in [1.82, 2.24) is 4.90 Å². The molecule has 0 aliphatic carbocycles. The maximum Gasteiger partial charge on any atom is 0.340 e. The molecule has 1 fully saturated rings. The van der Waals surface area contributed by atoms with Crippen LogP contribution in [0.5, 0.6) is 0 Å². The third-order valence-corrected chi connectivity index (χ3v) is 4.87. The van der Waals surface area contributed by atoms with E-state index in [1.165, 1.54) is 13.0 Å². The minimum absolute atomic E-state index is 0.145. The molecule has 0 spiro atoms. The maximum absolute atomic E-state index is 13.1. The van der Waals surface area contributed by atoms with Gasteiger partial charge in [-0.15, -0.1) is 0 Å². The Morgan fingerprint density at radius 3 is 2.54 bits per heavy atom. The van der Waals surface area contributed by atoms with Crippen LogP contribution in [-0.4, -0.2) is 48.5 Å². The van der Waals surface area contributed by atoms with Gasteiger partial charge in [0.2, 0.25) is 0 Å². The van der Waals surface area contributed by atoms with E-state index in [-0.39, 0.29) is 27.8 Å². The highest BCUT2D eigenvalue weighted by Crippen LogP contribution is 2.22. The molecule has 0 bridgehead atoms. The van der Waals surface area contributed by atoms with Gasteiger partial charge in [0.1, 0.15) is 5.82 Å². The number of piperidine rings is 1. The number of rotatable bonds is 5. The van der Waals surface area contributed by atoms with Gasteiger partial charge in [-0.2, -0.15) is 0 Å². The molecule has 1 atom stereocenters. The zero-order valence-electron chi connectivity index (χ0n) is 14.7. The molecular weight excluding hydrogens is 409 g/mol. The Kier molecular flexibility index (Phi) is 7.14. The van der Waals surface area contributed by atoms with Crippen LogP contribution in [0.3, 0.4) is 0 Å². The molecule has 1 saturated heterocycles. The highest BCUT2D eigenvalue weighted by atomic mass is 79.9. The Labute approximate surface area is 159 Å². The summed E-state index contributed by atoms with van der Waals surface area (Å²) in [6, 6.07) is 3.60. The molecule has 1 aromatic rings. The zero-order valence-corrected chi connectivity index (χ0v) is 16.3. The minimum atomic E-state index is -0.974. The van der Waals surface area contributed by atoms with Crippen LogP contribution in [0.1, 0.15) is 37.0 Å². The summed E-state index contributed by atoms with van der Waals surface area (Å²) >= 11 is 3.10. The Bertz CT molecular complexity index is 688. The van der Waals surface area contributed by atoms with E-state index in [4.69, 9.17) is 9.47 Å². The summed E-state index contributed by atoms with van der Waals surface area (Å²) in [5.74, 6) is -1.95. The second kappa shape index (κ2) is 9.12. The largest absolute Gasteiger partial charge is 0.466 e. The van der Waals surface area contributed by atoms with Crippen LogP contribution in [0.2, 0.25) is 0 Å². The molecule has 1 heterocycles. The van der Waals surface area contributed by atoms with Crippen molar-refractivity contribution in [1.29, 1.82) is 0 Å². The lowest BCUT2D eigenvalue weighted by Crippen LogP contribution is -2.45. The number of benzene rings is 1. The van der Waals surface area contributed by atoms with E-state index in [0.29, 0.717) is 32.5 Å². The van der Waals surface area contributed by atoms with Crippen molar-refractivity contribution in [2.45, 2.75) is 32.8 Å². The molecule has 2 rings (SSSR count). The van der Waals surface area contributed by atoms with E-state index in [1.54, 1.807) is 11.8 Å². The minimum Gasteiger partial charge on any atom is -0.466 e. The molecule has 26 heavy (non-hydrogen) atoms. The van der Waals surface area contributed by atoms with Gasteiger partial charge >= 0.3 is 11.9 Å². The highest BCUT2D eigenvalue weighted by Gasteiger charge is 2.31. The van der Waals surface area contributed by atoms with E-state index >= 15 is 0 Å². The molecule has 1 aromatic carbocycles. The topological polar surface area (TPSA) is 72.9 Å². The average Bonchev–Trinajstić information content (AvgIpc) is 2.61. The number of esters is 2. The number of carbonyl (C=O) groups is 3. The number of halogens is 2. The fourth-order valence-corrected chi connectivity index (χ4v) is 3.29. The number of carbonyl (C=O) groups excluding carboxylic acids is 3. The number of likely N-dealkylation sites (tertiary alicyclic amines) is 1. The van der Waals surface area contributed by atoms with Crippen molar-refractivity contribution < 1.29 is 28.2 Å². The van der Waals surface area contributed by atoms with E-state index in [9.17, 15) is 18.8 Å². The van der Waals surface area contributed by atoms with Crippen LogP contribution in [0.4, 0.5) is 4.39 Å². The molecule has 1 aliphatic rings. The smallest absolute Gasteiger partial charge is 0.340 e. The van der Waals surface area contributed by atoms with Gasteiger partial charge < -0.3 is 14.4 Å². The van der Waals surface area contributed by atoms with Crippen molar-refractivity contribution in [3.63, 3.8) is 0 Å². The van der Waals surface area contributed by atoms with Crippen LogP contribution >= 0.6 is 15.9 Å². The fraction of sp³-hybridized carbons (Fsp3) is 0.500. The third-order valence-electron chi connectivity index (χ3n) is 4.21. The maximum atomic E-state index is 13.1. The summed E-state index contributed by atoms with van der Waals surface area (Å²) in [7, 11) is 0. The number of ether oxygens (including phenoxy) is 2. The van der Waals surface area contributed by atoms with Gasteiger partial charge in [0, 0.05) is 17.6 Å². The highest BCUT2D eigenvalue weighted by molar-refractivity contribution is 9.10. The monoisotopic (exact) mass is 429 g/mol. The summed E-state index contributed by atoms with van der Waals surface area (Å²) in [4.78, 5) is 38.0. The summed E-state index contributed by atoms with van der Waals surface area (Å²) < 4.78 is 23.6. The number of hydrogen-bond acceptors (Lipinski definition) is 5. The molecule has 0 N–H and O–H groups in total. The van der Waals surface area contributed by atoms with Crippen LogP contribution in [-0.2, 0) is 19.1 Å². The Balaban J connectivity index is 1.90. The normalized spacial score (nSPS) is 16.1. The Morgan fingerprint density at radius 2 is 1.96 bits per heavy atom. The lowest BCUT2D eigenvalue weighted by atomic mass is 9.97. The van der Waals surface area contributed by atoms with Crippen molar-refractivity contribution >= 4 is 33.8 Å². The van der Waals surface area contributed by atoms with Gasteiger partial charge in [-0.05, 0) is 60.8 Å². The van der Waals surface area contributed by atoms with Crippen molar-refractivity contribution in [3.8, 4) is 0 Å². The second-order valence-corrected chi connectivity index (χ2v) is 6.88. The van der Waals surface area contributed by atoms with Crippen LogP contribution in [0.25, 0.3) is 0 Å². The van der Waals surface area contributed by atoms with E-state index in [0.717, 1.165) is 12.1 Å². The lowest BCUT2D eigenvalue weighted by molar-refractivity contribution is -0.152. The Morgan fingerprint density at radius 1 is 1.31 bits per heavy atom. The number of hydrogen-bond donors (Lipinski definition) is 0. The van der Waals surface area contributed by atoms with Crippen molar-refractivity contribution in [2.24, 2.45) is 5.92 Å². The Hall–Kier alpha value is -1.96. The fourth-order valence-electron chi connectivity index (χ4n) is 2.78. The predicted molar refractivity (Wildman–Crippen MR) is 94.9 cm³/mol. The molecule has 0 aromatic heterocycles. The van der Waals surface area contributed by atoms with Crippen LogP contribution in [0, 0.1) is 11.7 Å². The van der Waals surface area contributed by atoms with E-state index < -0.39 is 17.9 Å². The van der Waals surface area contributed by atoms with Gasteiger partial charge in [0.15, 0.2) is 6.10 Å². The second-order valence-electron chi connectivity index (χ2n) is 6.02. The molecular formula is C18H21BrFNO5. The summed E-state index contributed by atoms with van der Waals surface area (Å²) in [6.07, 6.45) is 0.0716. The standard InChI is InChI=1S/C18H21BrFNO5/c1-3-25-17(23)12-6-8-21(9-7-12)16(22)11(2)26-18(24)14-5-4-13(20)10-15(14)19/h4-5,10-12H,3,6-9H2,1-2H3. The molecule has 8 heteroatoms. The van der Waals surface area contributed by atoms with Gasteiger partial charge in [0.05, 0.1) is 18.1 Å². The quantitative estimate of drug-likeness (QED) is 0.672. The van der Waals surface area contributed by atoms with E-state index in [1.807, 2.05) is 0 Å². The first-order valence-corrected chi connectivity index (χ1v) is 9.24. The first kappa shape index (κ1) is 20.4. The predicted octanol–water partition coefficient (Wildman–Crippen LogP) is 2.94. The molecule has 1 amide bonds. The first-order valence-electron chi connectivity index (χ1n) is 8.45. The molecule has 142 valence electrons. The first-order chi connectivity index (χ1) is 12.3. The SMILES string of the molecule is CCOC(=O)C1CCN(C(=O)C(C)OC(=O)c2ccc(F)cc2Br)CC1. The molecule has 0 radical (unpaired) electrons. The molecule has 1 aliphatic heterocycles. The molecule has 1 unspecified atom stereocenters. The van der Waals surface area contributed by atoms with Gasteiger partial charge in [-0.3, -0.25) is 9.59 Å². The summed E-state index contributed by atoms with van der Waals surface area (Å²) in [6.45, 7) is 4.40. The summed E-state index contributed by atoms with van der Waals surface area (Å²) in [5.41, 5.74) is 0.145. The van der Waals surface area contributed by atoms with Gasteiger partial charge in [-0.1, -0.05) is 0 Å². The van der Waals surface area contributed by atoms with E-state index in [2.05, 4.69) is 15.9 Å². The van der Waals surface area contributed by atoms with Gasteiger partial charge in [-0.25, -0.2) is 9.18 Å². The van der Waals surface area contributed by atoms with Crippen molar-refractivity contribution in [3.05, 3.63) is 34.1 Å². The number of nitrogens with zero attached hydrogens (tertiary/aromatic N) is 1. The molecule has 6 nitrogen and oxygen atoms in total. The lowest BCUT2D eigenvalue weighted by Gasteiger charge is -2.32. The van der Waals surface area contributed by atoms with Crippen LogP contribution in [0.15, 0.2) is 22.7 Å². The summed E-state index contributed by atoms with van der Waals surface area (Å²) in [5, 5.41) is 0.